The molecule has 2 aromatic rings. The lowest BCUT2D eigenvalue weighted by molar-refractivity contribution is -0.115. The van der Waals surface area contributed by atoms with Crippen molar-refractivity contribution < 1.29 is 13.2 Å². The van der Waals surface area contributed by atoms with E-state index >= 15 is 0 Å². The van der Waals surface area contributed by atoms with Crippen LogP contribution in [0.25, 0.3) is 0 Å². The van der Waals surface area contributed by atoms with Crippen LogP contribution in [-0.2, 0) is 21.2 Å². The summed E-state index contributed by atoms with van der Waals surface area (Å²) in [6.45, 7) is 2.31. The van der Waals surface area contributed by atoms with E-state index < -0.39 is 10.0 Å². The molecule has 0 aliphatic carbocycles. The Morgan fingerprint density at radius 3 is 2.76 bits per heavy atom. The highest BCUT2D eigenvalue weighted by Crippen LogP contribution is 2.30. The minimum absolute atomic E-state index is 0.0259. The number of primary sulfonamides is 1. The van der Waals surface area contributed by atoms with E-state index in [1.807, 2.05) is 18.2 Å². The Morgan fingerprint density at radius 2 is 2.00 bits per heavy atom. The van der Waals surface area contributed by atoms with Gasteiger partial charge in [0.15, 0.2) is 0 Å². The number of nitrogens with one attached hydrogen (secondary N) is 1. The number of hydrogen-bond donors (Lipinski definition) is 2. The van der Waals surface area contributed by atoms with Crippen LogP contribution in [0, 0.1) is 0 Å². The smallest absolute Gasteiger partial charge is 0.243 e. The number of para-hydroxylation sites is 1. The monoisotopic (exact) mass is 359 g/mol. The first-order valence-corrected chi connectivity index (χ1v) is 9.66. The fourth-order valence-corrected chi connectivity index (χ4v) is 3.67. The molecule has 2 aromatic carbocycles. The Kier molecular flexibility index (Phi) is 4.78. The molecule has 0 fully saturated rings. The van der Waals surface area contributed by atoms with Gasteiger partial charge in [-0.05, 0) is 49.6 Å². The Labute approximate surface area is 147 Å². The molecule has 0 aromatic heterocycles. The third-order valence-corrected chi connectivity index (χ3v) is 5.34. The molecule has 0 saturated carbocycles. The molecule has 25 heavy (non-hydrogen) atoms. The number of carbonyl (C=O) groups excluding carboxylic acids is 1. The molecule has 0 spiro atoms. The van der Waals surface area contributed by atoms with Crippen LogP contribution < -0.4 is 15.4 Å². The summed E-state index contributed by atoms with van der Waals surface area (Å²) in [5.41, 5.74) is 2.73. The summed E-state index contributed by atoms with van der Waals surface area (Å²) >= 11 is 0. The molecule has 0 bridgehead atoms. The van der Waals surface area contributed by atoms with E-state index in [4.69, 9.17) is 5.14 Å². The van der Waals surface area contributed by atoms with Crippen LogP contribution in [0.3, 0.4) is 0 Å². The zero-order valence-electron chi connectivity index (χ0n) is 14.0. The number of sulfonamides is 1. The van der Waals surface area contributed by atoms with Crippen LogP contribution in [0.5, 0.6) is 0 Å². The average molecular weight is 359 g/mol. The average Bonchev–Trinajstić information content (AvgIpc) is 2.57. The molecule has 0 saturated heterocycles. The van der Waals surface area contributed by atoms with Gasteiger partial charge in [-0.1, -0.05) is 24.3 Å². The number of benzene rings is 2. The largest absolute Gasteiger partial charge is 0.359 e. The molecule has 1 aliphatic rings. The van der Waals surface area contributed by atoms with Gasteiger partial charge < -0.3 is 10.2 Å². The number of amides is 1. The van der Waals surface area contributed by atoms with Crippen LogP contribution in [0.1, 0.15) is 18.9 Å². The maximum Gasteiger partial charge on any atom is 0.243 e. The fraction of sp³-hybridized carbons (Fsp3) is 0.278. The molecule has 3 N–H and O–H groups in total. The van der Waals surface area contributed by atoms with E-state index in [0.29, 0.717) is 5.69 Å². The molecular formula is C18H21N3O3S. The number of nitrogens with zero attached hydrogens (tertiary/aromatic N) is 1. The zero-order valence-corrected chi connectivity index (χ0v) is 14.8. The zero-order chi connectivity index (χ0) is 18.0. The lowest BCUT2D eigenvalue weighted by Gasteiger charge is -2.36. The van der Waals surface area contributed by atoms with Crippen LogP contribution in [0.15, 0.2) is 53.4 Å². The van der Waals surface area contributed by atoms with Crippen molar-refractivity contribution in [2.24, 2.45) is 5.14 Å². The summed E-state index contributed by atoms with van der Waals surface area (Å²) in [5.74, 6) is -0.199. The Morgan fingerprint density at radius 1 is 1.24 bits per heavy atom. The van der Waals surface area contributed by atoms with Crippen molar-refractivity contribution in [2.75, 3.05) is 16.8 Å². The van der Waals surface area contributed by atoms with Crippen molar-refractivity contribution in [3.05, 3.63) is 54.1 Å². The Balaban J connectivity index is 1.75. The second-order valence-corrected chi connectivity index (χ2v) is 7.83. The van der Waals surface area contributed by atoms with Gasteiger partial charge in [-0.25, -0.2) is 13.6 Å². The molecular weight excluding hydrogens is 338 g/mol. The molecule has 132 valence electrons. The topological polar surface area (TPSA) is 92.5 Å². The highest BCUT2D eigenvalue weighted by Gasteiger charge is 2.24. The summed E-state index contributed by atoms with van der Waals surface area (Å²) in [6, 6.07) is 14.3. The number of hydrogen-bond acceptors (Lipinski definition) is 4. The summed E-state index contributed by atoms with van der Waals surface area (Å²) in [4.78, 5) is 14.5. The standard InChI is InChI=1S/C18H21N3O3S/c1-13-9-10-14-5-2-3-8-17(14)21(13)12-18(22)20-15-6-4-7-16(11-15)25(19,23)24/h2-8,11,13H,9-10,12H2,1H3,(H,20,22)(H2,19,23,24)/t13-/m1/s1. The van der Waals surface area contributed by atoms with Gasteiger partial charge in [0.2, 0.25) is 15.9 Å². The third-order valence-electron chi connectivity index (χ3n) is 4.42. The quantitative estimate of drug-likeness (QED) is 0.874. The SMILES string of the molecule is C[C@@H]1CCc2ccccc2N1CC(=O)Nc1cccc(S(N)(=O)=O)c1. The van der Waals surface area contributed by atoms with Gasteiger partial charge >= 0.3 is 0 Å². The van der Waals surface area contributed by atoms with E-state index in [0.717, 1.165) is 18.5 Å². The highest BCUT2D eigenvalue weighted by atomic mass is 32.2. The van der Waals surface area contributed by atoms with E-state index in [9.17, 15) is 13.2 Å². The molecule has 7 heteroatoms. The van der Waals surface area contributed by atoms with Gasteiger partial charge in [0, 0.05) is 17.4 Å². The molecule has 1 heterocycles. The van der Waals surface area contributed by atoms with E-state index in [2.05, 4.69) is 23.2 Å². The van der Waals surface area contributed by atoms with Crippen molar-refractivity contribution in [3.8, 4) is 0 Å². The van der Waals surface area contributed by atoms with Gasteiger partial charge in [-0.2, -0.15) is 0 Å². The van der Waals surface area contributed by atoms with Crippen LogP contribution >= 0.6 is 0 Å². The van der Waals surface area contributed by atoms with Gasteiger partial charge in [0.25, 0.3) is 0 Å². The number of rotatable bonds is 4. The molecule has 1 aliphatic heterocycles. The van der Waals surface area contributed by atoms with Crippen molar-refractivity contribution in [3.63, 3.8) is 0 Å². The van der Waals surface area contributed by atoms with Crippen molar-refractivity contribution in [1.29, 1.82) is 0 Å². The predicted molar refractivity (Wildman–Crippen MR) is 98.0 cm³/mol. The Hall–Kier alpha value is -2.38. The van der Waals surface area contributed by atoms with Crippen LogP contribution in [0.2, 0.25) is 0 Å². The summed E-state index contributed by atoms with van der Waals surface area (Å²) < 4.78 is 22.8. The number of carbonyl (C=O) groups is 1. The molecule has 1 amide bonds. The van der Waals surface area contributed by atoms with Crippen molar-refractivity contribution in [2.45, 2.75) is 30.7 Å². The highest BCUT2D eigenvalue weighted by molar-refractivity contribution is 7.89. The lowest BCUT2D eigenvalue weighted by atomic mass is 9.96. The first-order chi connectivity index (χ1) is 11.8. The van der Waals surface area contributed by atoms with Crippen molar-refractivity contribution >= 4 is 27.3 Å². The number of nitrogens with two attached hydrogens (primary N) is 1. The van der Waals surface area contributed by atoms with Crippen LogP contribution in [-0.4, -0.2) is 26.9 Å². The predicted octanol–water partition coefficient (Wildman–Crippen LogP) is 2.11. The minimum atomic E-state index is -3.80. The van der Waals surface area contributed by atoms with E-state index in [1.54, 1.807) is 12.1 Å². The molecule has 3 rings (SSSR count). The van der Waals surface area contributed by atoms with E-state index in [1.165, 1.54) is 17.7 Å². The molecule has 0 unspecified atom stereocenters. The second-order valence-electron chi connectivity index (χ2n) is 6.27. The van der Waals surface area contributed by atoms with Gasteiger partial charge in [0.1, 0.15) is 0 Å². The summed E-state index contributed by atoms with van der Waals surface area (Å²) in [5, 5.41) is 7.88. The number of aryl methyl sites for hydroxylation is 1. The maximum absolute atomic E-state index is 12.5. The normalized spacial score (nSPS) is 17.0. The second kappa shape index (κ2) is 6.85. The fourth-order valence-electron chi connectivity index (χ4n) is 3.11. The Bertz CT molecular complexity index is 896. The van der Waals surface area contributed by atoms with E-state index in [-0.39, 0.29) is 23.4 Å². The lowest BCUT2D eigenvalue weighted by Crippen LogP contribution is -2.42. The van der Waals surface area contributed by atoms with Gasteiger partial charge in [-0.15, -0.1) is 0 Å². The number of anilines is 2. The molecule has 0 radical (unpaired) electrons. The van der Waals surface area contributed by atoms with Gasteiger partial charge in [0.05, 0.1) is 11.4 Å². The molecule has 1 atom stereocenters. The minimum Gasteiger partial charge on any atom is -0.359 e. The third kappa shape index (κ3) is 4.00. The first kappa shape index (κ1) is 17.4. The van der Waals surface area contributed by atoms with Crippen molar-refractivity contribution in [1.82, 2.24) is 0 Å². The summed E-state index contributed by atoms with van der Waals surface area (Å²) in [7, 11) is -3.80. The van der Waals surface area contributed by atoms with Gasteiger partial charge in [-0.3, -0.25) is 4.79 Å². The number of fused-ring (bicyclic) bond motifs is 1. The summed E-state index contributed by atoms with van der Waals surface area (Å²) in [6.07, 6.45) is 2.00. The molecule has 6 nitrogen and oxygen atoms in total. The van der Waals surface area contributed by atoms with Crippen LogP contribution in [0.4, 0.5) is 11.4 Å². The first-order valence-electron chi connectivity index (χ1n) is 8.12. The maximum atomic E-state index is 12.5.